The largest absolute Gasteiger partial charge is 0.496 e. The third kappa shape index (κ3) is 4.51. The maximum absolute atomic E-state index is 5.65. The molecule has 1 aromatic rings. The van der Waals surface area contributed by atoms with Crippen molar-refractivity contribution in [2.24, 2.45) is 5.84 Å². The van der Waals surface area contributed by atoms with E-state index in [0.29, 0.717) is 0 Å². The Kier molecular flexibility index (Phi) is 7.14. The number of hydrogen-bond donors (Lipinski definition) is 2. The Labute approximate surface area is 110 Å². The molecule has 0 fully saturated rings. The summed E-state index contributed by atoms with van der Waals surface area (Å²) < 4.78 is 5.36. The van der Waals surface area contributed by atoms with Crippen LogP contribution in [-0.2, 0) is 0 Å². The van der Waals surface area contributed by atoms with Gasteiger partial charge in [-0.15, -0.1) is 6.58 Å². The van der Waals surface area contributed by atoms with Crippen LogP contribution in [0.5, 0.6) is 5.75 Å². The van der Waals surface area contributed by atoms with Crippen LogP contribution < -0.4 is 16.0 Å². The number of nitrogens with two attached hydrogens (primary N) is 1. The van der Waals surface area contributed by atoms with Crippen molar-refractivity contribution >= 4 is 0 Å². The number of nitrogens with one attached hydrogen (secondary N) is 1. The first-order valence-electron chi connectivity index (χ1n) is 6.53. The maximum atomic E-state index is 5.65. The van der Waals surface area contributed by atoms with E-state index in [2.05, 4.69) is 18.1 Å². The molecular formula is C15H24N2O. The minimum atomic E-state index is 0.157. The highest BCUT2D eigenvalue weighted by Gasteiger charge is 2.13. The van der Waals surface area contributed by atoms with Gasteiger partial charge in [-0.25, -0.2) is 0 Å². The van der Waals surface area contributed by atoms with Crippen molar-refractivity contribution < 1.29 is 4.74 Å². The van der Waals surface area contributed by atoms with Crippen LogP contribution in [0.2, 0.25) is 0 Å². The van der Waals surface area contributed by atoms with Crippen LogP contribution in [-0.4, -0.2) is 7.11 Å². The van der Waals surface area contributed by atoms with Gasteiger partial charge in [-0.2, -0.15) is 0 Å². The first-order chi connectivity index (χ1) is 8.83. The van der Waals surface area contributed by atoms with Gasteiger partial charge >= 0.3 is 0 Å². The summed E-state index contributed by atoms with van der Waals surface area (Å²) >= 11 is 0. The Morgan fingerprint density at radius 1 is 1.33 bits per heavy atom. The minimum Gasteiger partial charge on any atom is -0.496 e. The van der Waals surface area contributed by atoms with E-state index in [1.165, 1.54) is 12.8 Å². The minimum absolute atomic E-state index is 0.157. The summed E-state index contributed by atoms with van der Waals surface area (Å²) in [7, 11) is 1.69. The Bertz CT molecular complexity index is 352. The number of para-hydroxylation sites is 1. The van der Waals surface area contributed by atoms with Crippen molar-refractivity contribution in [1.29, 1.82) is 0 Å². The fourth-order valence-corrected chi connectivity index (χ4v) is 2.10. The van der Waals surface area contributed by atoms with E-state index in [9.17, 15) is 0 Å². The molecule has 1 unspecified atom stereocenters. The van der Waals surface area contributed by atoms with E-state index in [4.69, 9.17) is 10.6 Å². The van der Waals surface area contributed by atoms with E-state index in [1.54, 1.807) is 7.11 Å². The fourth-order valence-electron chi connectivity index (χ4n) is 2.10. The molecule has 0 aliphatic rings. The van der Waals surface area contributed by atoms with E-state index < -0.39 is 0 Å². The zero-order chi connectivity index (χ0) is 13.2. The molecular weight excluding hydrogens is 224 g/mol. The van der Waals surface area contributed by atoms with Gasteiger partial charge in [0, 0.05) is 11.6 Å². The highest BCUT2D eigenvalue weighted by molar-refractivity contribution is 5.35. The molecule has 3 N–H and O–H groups in total. The van der Waals surface area contributed by atoms with Gasteiger partial charge in [-0.3, -0.25) is 11.3 Å². The molecule has 100 valence electrons. The average molecular weight is 248 g/mol. The van der Waals surface area contributed by atoms with Crippen LogP contribution in [0.15, 0.2) is 36.9 Å². The van der Waals surface area contributed by atoms with E-state index in [0.717, 1.165) is 30.6 Å². The molecule has 0 aromatic heterocycles. The van der Waals surface area contributed by atoms with Crippen molar-refractivity contribution in [2.75, 3.05) is 7.11 Å². The van der Waals surface area contributed by atoms with Gasteiger partial charge in [-0.1, -0.05) is 37.1 Å². The topological polar surface area (TPSA) is 47.3 Å². The first kappa shape index (κ1) is 14.7. The van der Waals surface area contributed by atoms with Crippen LogP contribution >= 0.6 is 0 Å². The highest BCUT2D eigenvalue weighted by atomic mass is 16.5. The molecule has 1 atom stereocenters. The molecule has 0 saturated heterocycles. The van der Waals surface area contributed by atoms with Gasteiger partial charge in [0.1, 0.15) is 5.75 Å². The van der Waals surface area contributed by atoms with E-state index in [1.807, 2.05) is 24.3 Å². The second kappa shape index (κ2) is 8.72. The SMILES string of the molecule is C=CCCCCCC(NN)c1ccccc1OC. The first-order valence-corrected chi connectivity index (χ1v) is 6.53. The molecule has 18 heavy (non-hydrogen) atoms. The summed E-state index contributed by atoms with van der Waals surface area (Å²) in [6.07, 6.45) is 7.65. The fraction of sp³-hybridized carbons (Fsp3) is 0.467. The Morgan fingerprint density at radius 3 is 2.78 bits per heavy atom. The Balaban J connectivity index is 2.51. The molecule has 1 aromatic carbocycles. The number of ether oxygens (including phenoxy) is 1. The number of methoxy groups -OCH3 is 1. The van der Waals surface area contributed by atoms with Crippen molar-refractivity contribution in [3.05, 3.63) is 42.5 Å². The van der Waals surface area contributed by atoms with Crippen LogP contribution in [0.25, 0.3) is 0 Å². The average Bonchev–Trinajstić information content (AvgIpc) is 2.43. The van der Waals surface area contributed by atoms with Gasteiger partial charge in [0.25, 0.3) is 0 Å². The number of hydrogen-bond acceptors (Lipinski definition) is 3. The van der Waals surface area contributed by atoms with Crippen LogP contribution in [0.1, 0.15) is 43.7 Å². The van der Waals surface area contributed by atoms with Gasteiger partial charge in [0.05, 0.1) is 7.11 Å². The number of benzene rings is 1. The lowest BCUT2D eigenvalue weighted by Crippen LogP contribution is -2.28. The summed E-state index contributed by atoms with van der Waals surface area (Å²) in [5.41, 5.74) is 4.01. The van der Waals surface area contributed by atoms with Crippen LogP contribution in [0, 0.1) is 0 Å². The highest BCUT2D eigenvalue weighted by Crippen LogP contribution is 2.27. The molecule has 0 bridgehead atoms. The predicted octanol–water partition coefficient (Wildman–Crippen LogP) is 3.34. The van der Waals surface area contributed by atoms with E-state index >= 15 is 0 Å². The second-order valence-electron chi connectivity index (χ2n) is 4.39. The molecule has 3 heteroatoms. The second-order valence-corrected chi connectivity index (χ2v) is 4.39. The third-order valence-corrected chi connectivity index (χ3v) is 3.12. The lowest BCUT2D eigenvalue weighted by Gasteiger charge is -2.18. The predicted molar refractivity (Wildman–Crippen MR) is 76.3 cm³/mol. The van der Waals surface area contributed by atoms with Crippen molar-refractivity contribution in [1.82, 2.24) is 5.43 Å². The monoisotopic (exact) mass is 248 g/mol. The van der Waals surface area contributed by atoms with Crippen LogP contribution in [0.4, 0.5) is 0 Å². The normalized spacial score (nSPS) is 12.1. The van der Waals surface area contributed by atoms with Gasteiger partial charge in [-0.05, 0) is 25.3 Å². The maximum Gasteiger partial charge on any atom is 0.123 e. The smallest absolute Gasteiger partial charge is 0.123 e. The molecule has 0 radical (unpaired) electrons. The zero-order valence-electron chi connectivity index (χ0n) is 11.2. The number of rotatable bonds is 9. The lowest BCUT2D eigenvalue weighted by atomic mass is 9.99. The molecule has 0 saturated carbocycles. The van der Waals surface area contributed by atoms with Crippen LogP contribution in [0.3, 0.4) is 0 Å². The summed E-state index contributed by atoms with van der Waals surface area (Å²) in [4.78, 5) is 0. The molecule has 0 aliphatic carbocycles. The standard InChI is InChI=1S/C15H24N2O/c1-3-4-5-6-7-11-14(17-16)13-10-8-9-12-15(13)18-2/h3,8-10,12,14,17H,1,4-7,11,16H2,2H3. The number of allylic oxidation sites excluding steroid dienone is 1. The van der Waals surface area contributed by atoms with Crippen molar-refractivity contribution in [3.8, 4) is 5.75 Å². The molecule has 0 amide bonds. The quantitative estimate of drug-likeness (QED) is 0.305. The molecule has 0 aliphatic heterocycles. The molecule has 0 spiro atoms. The van der Waals surface area contributed by atoms with E-state index in [-0.39, 0.29) is 6.04 Å². The number of hydrazine groups is 1. The Morgan fingerprint density at radius 2 is 2.11 bits per heavy atom. The van der Waals surface area contributed by atoms with Crippen molar-refractivity contribution in [2.45, 2.75) is 38.1 Å². The summed E-state index contributed by atoms with van der Waals surface area (Å²) in [6.45, 7) is 3.73. The number of unbranched alkanes of at least 4 members (excludes halogenated alkanes) is 3. The van der Waals surface area contributed by atoms with Gasteiger partial charge in [0.2, 0.25) is 0 Å². The molecule has 3 nitrogen and oxygen atoms in total. The lowest BCUT2D eigenvalue weighted by molar-refractivity contribution is 0.393. The Hall–Kier alpha value is -1.32. The van der Waals surface area contributed by atoms with Gasteiger partial charge < -0.3 is 4.74 Å². The molecule has 0 heterocycles. The zero-order valence-corrected chi connectivity index (χ0v) is 11.2. The summed E-state index contributed by atoms with van der Waals surface area (Å²) in [5.74, 6) is 6.54. The van der Waals surface area contributed by atoms with Crippen molar-refractivity contribution in [3.63, 3.8) is 0 Å². The third-order valence-electron chi connectivity index (χ3n) is 3.12. The molecule has 1 rings (SSSR count). The summed E-state index contributed by atoms with van der Waals surface area (Å²) in [6, 6.07) is 8.18. The summed E-state index contributed by atoms with van der Waals surface area (Å²) in [5, 5.41) is 0. The van der Waals surface area contributed by atoms with Gasteiger partial charge in [0.15, 0.2) is 0 Å².